The van der Waals surface area contributed by atoms with E-state index in [4.69, 9.17) is 4.98 Å². The van der Waals surface area contributed by atoms with Gasteiger partial charge in [-0.2, -0.15) is 0 Å². The molecular weight excluding hydrogens is 527 g/mol. The lowest BCUT2D eigenvalue weighted by Gasteiger charge is -2.22. The van der Waals surface area contributed by atoms with Gasteiger partial charge in [0.2, 0.25) is 0 Å². The molecule has 0 N–H and O–H groups in total. The Kier molecular flexibility index (Phi) is 4.89. The molecule has 1 nitrogen and oxygen atoms in total. The number of aromatic nitrogens is 1. The highest BCUT2D eigenvalue weighted by atomic mass is 32.1. The summed E-state index contributed by atoms with van der Waals surface area (Å²) in [5.41, 5.74) is 10.3. The summed E-state index contributed by atoms with van der Waals surface area (Å²) in [4.78, 5) is 5.04. The SMILES string of the molecule is CC1(C)c2cc(-c3ccc4ccc5ccc6nc(-c7ccccc7)sc6c5c4c3)ccc2-c2c1ccc1ccccc21. The van der Waals surface area contributed by atoms with Gasteiger partial charge in [-0.25, -0.2) is 4.98 Å². The van der Waals surface area contributed by atoms with Crippen molar-refractivity contribution in [2.45, 2.75) is 19.3 Å². The Hall–Kier alpha value is -4.79. The van der Waals surface area contributed by atoms with Crippen LogP contribution < -0.4 is 0 Å². The van der Waals surface area contributed by atoms with Crippen molar-refractivity contribution < 1.29 is 0 Å². The van der Waals surface area contributed by atoms with Gasteiger partial charge in [-0.05, 0) is 78.5 Å². The summed E-state index contributed by atoms with van der Waals surface area (Å²) in [7, 11) is 0. The molecule has 1 aliphatic rings. The molecule has 1 aliphatic carbocycles. The Morgan fingerprint density at radius 1 is 0.548 bits per heavy atom. The quantitative estimate of drug-likeness (QED) is 0.194. The second kappa shape index (κ2) is 8.61. The van der Waals surface area contributed by atoms with E-state index in [0.717, 1.165) is 10.5 Å². The second-order valence-corrected chi connectivity index (χ2v) is 13.0. The maximum Gasteiger partial charge on any atom is 0.124 e. The highest BCUT2D eigenvalue weighted by molar-refractivity contribution is 7.22. The van der Waals surface area contributed by atoms with E-state index < -0.39 is 0 Å². The summed E-state index contributed by atoms with van der Waals surface area (Å²) < 4.78 is 1.26. The summed E-state index contributed by atoms with van der Waals surface area (Å²) in [5, 5.41) is 8.81. The van der Waals surface area contributed by atoms with Crippen LogP contribution in [0.15, 0.2) is 127 Å². The summed E-state index contributed by atoms with van der Waals surface area (Å²) in [6, 6.07) is 46.8. The molecule has 0 amide bonds. The number of benzene rings is 7. The van der Waals surface area contributed by atoms with Crippen LogP contribution in [0.3, 0.4) is 0 Å². The molecule has 0 atom stereocenters. The van der Waals surface area contributed by atoms with Gasteiger partial charge in [0.25, 0.3) is 0 Å². The van der Waals surface area contributed by atoms with Crippen molar-refractivity contribution >= 4 is 53.9 Å². The molecule has 1 heterocycles. The summed E-state index contributed by atoms with van der Waals surface area (Å²) >= 11 is 1.80. The van der Waals surface area contributed by atoms with Crippen molar-refractivity contribution in [1.29, 1.82) is 0 Å². The Morgan fingerprint density at radius 2 is 1.24 bits per heavy atom. The molecule has 0 saturated heterocycles. The first-order valence-electron chi connectivity index (χ1n) is 14.6. The largest absolute Gasteiger partial charge is 0.236 e. The van der Waals surface area contributed by atoms with Crippen LogP contribution in [0.1, 0.15) is 25.0 Å². The normalized spacial score (nSPS) is 13.7. The average molecular weight is 554 g/mol. The fourth-order valence-electron chi connectivity index (χ4n) is 7.09. The first-order chi connectivity index (χ1) is 20.6. The monoisotopic (exact) mass is 553 g/mol. The van der Waals surface area contributed by atoms with Crippen molar-refractivity contribution in [3.63, 3.8) is 0 Å². The van der Waals surface area contributed by atoms with Crippen molar-refractivity contribution in [3.8, 4) is 32.8 Å². The third kappa shape index (κ3) is 3.33. The molecule has 198 valence electrons. The van der Waals surface area contributed by atoms with Gasteiger partial charge in [0.05, 0.1) is 10.2 Å². The van der Waals surface area contributed by atoms with E-state index in [1.807, 2.05) is 0 Å². The lowest BCUT2D eigenvalue weighted by Crippen LogP contribution is -2.15. The highest BCUT2D eigenvalue weighted by Crippen LogP contribution is 2.52. The van der Waals surface area contributed by atoms with Gasteiger partial charge < -0.3 is 0 Å². The smallest absolute Gasteiger partial charge is 0.124 e. The third-order valence-electron chi connectivity index (χ3n) is 9.27. The van der Waals surface area contributed by atoms with E-state index in [1.54, 1.807) is 11.3 Å². The minimum absolute atomic E-state index is 0.0586. The molecule has 0 spiro atoms. The molecule has 9 rings (SSSR count). The summed E-state index contributed by atoms with van der Waals surface area (Å²) in [6.45, 7) is 4.74. The highest BCUT2D eigenvalue weighted by Gasteiger charge is 2.36. The maximum atomic E-state index is 5.04. The molecule has 8 aromatic rings. The van der Waals surface area contributed by atoms with Gasteiger partial charge in [-0.3, -0.25) is 0 Å². The predicted octanol–water partition coefficient (Wildman–Crippen LogP) is 11.4. The number of thiazole rings is 1. The van der Waals surface area contributed by atoms with Gasteiger partial charge >= 0.3 is 0 Å². The molecule has 42 heavy (non-hydrogen) atoms. The topological polar surface area (TPSA) is 12.9 Å². The first kappa shape index (κ1) is 23.9. The Morgan fingerprint density at radius 3 is 2.14 bits per heavy atom. The van der Waals surface area contributed by atoms with Gasteiger partial charge in [-0.15, -0.1) is 11.3 Å². The number of hydrogen-bond acceptors (Lipinski definition) is 2. The molecule has 0 saturated carbocycles. The van der Waals surface area contributed by atoms with Gasteiger partial charge in [-0.1, -0.05) is 123 Å². The zero-order chi connectivity index (χ0) is 28.0. The van der Waals surface area contributed by atoms with Crippen LogP contribution in [-0.2, 0) is 5.41 Å². The fourth-order valence-corrected chi connectivity index (χ4v) is 8.23. The maximum absolute atomic E-state index is 5.04. The number of nitrogens with zero attached hydrogens (tertiary/aromatic N) is 1. The van der Waals surface area contributed by atoms with Crippen LogP contribution in [0.5, 0.6) is 0 Å². The van der Waals surface area contributed by atoms with E-state index >= 15 is 0 Å². The number of hydrogen-bond donors (Lipinski definition) is 0. The van der Waals surface area contributed by atoms with E-state index in [2.05, 4.69) is 141 Å². The molecule has 0 bridgehead atoms. The lowest BCUT2D eigenvalue weighted by atomic mass is 9.81. The molecule has 0 unspecified atom stereocenters. The zero-order valence-electron chi connectivity index (χ0n) is 23.5. The third-order valence-corrected chi connectivity index (χ3v) is 10.4. The predicted molar refractivity (Wildman–Crippen MR) is 181 cm³/mol. The summed E-state index contributed by atoms with van der Waals surface area (Å²) in [6.07, 6.45) is 0. The Labute approximate surface area is 248 Å². The molecule has 7 aromatic carbocycles. The second-order valence-electron chi connectivity index (χ2n) is 12.0. The Balaban J connectivity index is 1.24. The molecule has 0 radical (unpaired) electrons. The molecule has 0 fully saturated rings. The van der Waals surface area contributed by atoms with E-state index in [9.17, 15) is 0 Å². The van der Waals surface area contributed by atoms with Gasteiger partial charge in [0.1, 0.15) is 5.01 Å². The molecule has 2 heteroatoms. The molecular formula is C40H27NS. The van der Waals surface area contributed by atoms with Crippen LogP contribution >= 0.6 is 11.3 Å². The van der Waals surface area contributed by atoms with Gasteiger partial charge in [0.15, 0.2) is 0 Å². The lowest BCUT2D eigenvalue weighted by molar-refractivity contribution is 0.661. The van der Waals surface area contributed by atoms with Crippen LogP contribution in [0.25, 0.3) is 75.4 Å². The molecule has 1 aromatic heterocycles. The zero-order valence-corrected chi connectivity index (χ0v) is 24.3. The first-order valence-corrected chi connectivity index (χ1v) is 15.4. The van der Waals surface area contributed by atoms with E-state index in [1.165, 1.54) is 76.0 Å². The van der Waals surface area contributed by atoms with Crippen molar-refractivity contribution in [1.82, 2.24) is 4.98 Å². The van der Waals surface area contributed by atoms with Crippen LogP contribution in [0.2, 0.25) is 0 Å². The standard InChI is InChI=1S/C40H27NS/c1-40(2)33-20-17-24-8-6-7-11-30(24)37(33)31-19-16-29(23-34(31)40)28-15-13-25-12-14-26-18-21-35-38(36(26)32(25)22-28)42-39(41-35)27-9-4-3-5-10-27/h3-23H,1-2H3. The average Bonchev–Trinajstić information content (AvgIpc) is 3.58. The van der Waals surface area contributed by atoms with Gasteiger partial charge in [0, 0.05) is 16.4 Å². The molecule has 0 aliphatic heterocycles. The van der Waals surface area contributed by atoms with Crippen LogP contribution in [-0.4, -0.2) is 4.98 Å². The summed E-state index contributed by atoms with van der Waals surface area (Å²) in [5.74, 6) is 0. The number of fused-ring (bicyclic) bond motifs is 10. The van der Waals surface area contributed by atoms with Crippen LogP contribution in [0.4, 0.5) is 0 Å². The van der Waals surface area contributed by atoms with E-state index in [-0.39, 0.29) is 5.41 Å². The van der Waals surface area contributed by atoms with Crippen molar-refractivity contribution in [2.75, 3.05) is 0 Å². The minimum atomic E-state index is -0.0586. The van der Waals surface area contributed by atoms with Crippen molar-refractivity contribution in [2.24, 2.45) is 0 Å². The van der Waals surface area contributed by atoms with E-state index in [0.29, 0.717) is 0 Å². The van der Waals surface area contributed by atoms with Crippen molar-refractivity contribution in [3.05, 3.63) is 139 Å². The Bertz CT molecular complexity index is 2380. The number of rotatable bonds is 2. The van der Waals surface area contributed by atoms with Crippen LogP contribution in [0, 0.1) is 0 Å². The minimum Gasteiger partial charge on any atom is -0.236 e. The fraction of sp³-hybridized carbons (Fsp3) is 0.0750.